The van der Waals surface area contributed by atoms with Gasteiger partial charge in [-0.05, 0) is 24.3 Å². The Bertz CT molecular complexity index is 542. The lowest BCUT2D eigenvalue weighted by atomic mass is 10.2. The molecule has 0 saturated carbocycles. The lowest BCUT2D eigenvalue weighted by Gasteiger charge is -2.20. The molecule has 1 saturated heterocycles. The van der Waals surface area contributed by atoms with Gasteiger partial charge >= 0.3 is 0 Å². The zero-order valence-corrected chi connectivity index (χ0v) is 12.8. The van der Waals surface area contributed by atoms with Crippen molar-refractivity contribution in [3.63, 3.8) is 0 Å². The standard InChI is InChI=1S/C12H19N3O3S2/c13-20(17,18)15-7-2-6-14(8-9-15)12(16)5-4-11-3-1-10-19-11/h1,3,10H,2,4-9H2,(H2,13,17,18). The van der Waals surface area contributed by atoms with Crippen LogP contribution in [0.15, 0.2) is 17.5 Å². The number of nitrogens with zero attached hydrogens (tertiary/aromatic N) is 2. The van der Waals surface area contributed by atoms with Crippen LogP contribution >= 0.6 is 11.3 Å². The molecule has 2 N–H and O–H groups in total. The van der Waals surface area contributed by atoms with Crippen LogP contribution in [0.4, 0.5) is 0 Å². The van der Waals surface area contributed by atoms with Crippen molar-refractivity contribution in [2.45, 2.75) is 19.3 Å². The molecule has 1 aliphatic rings. The van der Waals surface area contributed by atoms with Crippen molar-refractivity contribution < 1.29 is 13.2 Å². The van der Waals surface area contributed by atoms with E-state index in [0.717, 1.165) is 6.42 Å². The highest BCUT2D eigenvalue weighted by Gasteiger charge is 2.23. The Balaban J connectivity index is 1.85. The average molecular weight is 317 g/mol. The molecule has 20 heavy (non-hydrogen) atoms. The normalized spacial score (nSPS) is 17.9. The molecular weight excluding hydrogens is 298 g/mol. The van der Waals surface area contributed by atoms with E-state index in [1.54, 1.807) is 16.2 Å². The third-order valence-corrected chi connectivity index (χ3v) is 5.35. The molecule has 1 fully saturated rings. The van der Waals surface area contributed by atoms with E-state index >= 15 is 0 Å². The van der Waals surface area contributed by atoms with Gasteiger partial charge in [-0.25, -0.2) is 5.14 Å². The molecular formula is C12H19N3O3S2. The summed E-state index contributed by atoms with van der Waals surface area (Å²) < 4.78 is 23.8. The number of carbonyl (C=O) groups is 1. The Morgan fingerprint density at radius 2 is 2.10 bits per heavy atom. The predicted octanol–water partition coefficient (Wildman–Crippen LogP) is 0.419. The number of thiophene rings is 1. The number of nitrogens with two attached hydrogens (primary N) is 1. The quantitative estimate of drug-likeness (QED) is 0.873. The largest absolute Gasteiger partial charge is 0.341 e. The number of carbonyl (C=O) groups excluding carboxylic acids is 1. The van der Waals surface area contributed by atoms with Crippen LogP contribution in [0.5, 0.6) is 0 Å². The molecule has 8 heteroatoms. The van der Waals surface area contributed by atoms with Gasteiger partial charge in [0.1, 0.15) is 0 Å². The number of hydrogen-bond acceptors (Lipinski definition) is 4. The van der Waals surface area contributed by atoms with Gasteiger partial charge in [0.05, 0.1) is 0 Å². The molecule has 0 aromatic carbocycles. The maximum atomic E-state index is 12.1. The van der Waals surface area contributed by atoms with E-state index in [9.17, 15) is 13.2 Å². The minimum atomic E-state index is -3.65. The van der Waals surface area contributed by atoms with Gasteiger partial charge < -0.3 is 4.90 Å². The molecule has 2 heterocycles. The lowest BCUT2D eigenvalue weighted by Crippen LogP contribution is -2.40. The topological polar surface area (TPSA) is 83.7 Å². The maximum absolute atomic E-state index is 12.1. The number of hydrogen-bond donors (Lipinski definition) is 1. The van der Waals surface area contributed by atoms with Crippen LogP contribution < -0.4 is 5.14 Å². The number of aryl methyl sites for hydroxylation is 1. The Kier molecular flexibility index (Phi) is 5.14. The van der Waals surface area contributed by atoms with Crippen molar-refractivity contribution in [2.24, 2.45) is 5.14 Å². The van der Waals surface area contributed by atoms with E-state index in [4.69, 9.17) is 5.14 Å². The summed E-state index contributed by atoms with van der Waals surface area (Å²) in [5.74, 6) is 0.0784. The van der Waals surface area contributed by atoms with Gasteiger partial charge in [0, 0.05) is 37.5 Å². The number of amides is 1. The first-order valence-electron chi connectivity index (χ1n) is 6.55. The van der Waals surface area contributed by atoms with Gasteiger partial charge in [-0.3, -0.25) is 4.79 Å². The summed E-state index contributed by atoms with van der Waals surface area (Å²) in [6.07, 6.45) is 1.84. The smallest absolute Gasteiger partial charge is 0.276 e. The Morgan fingerprint density at radius 3 is 2.75 bits per heavy atom. The van der Waals surface area contributed by atoms with Gasteiger partial charge in [0.25, 0.3) is 10.2 Å². The molecule has 112 valence electrons. The van der Waals surface area contributed by atoms with Crippen molar-refractivity contribution in [1.82, 2.24) is 9.21 Å². The summed E-state index contributed by atoms with van der Waals surface area (Å²) in [5.41, 5.74) is 0. The van der Waals surface area contributed by atoms with Crippen LogP contribution in [0.1, 0.15) is 17.7 Å². The SMILES string of the molecule is NS(=O)(=O)N1CCCN(C(=O)CCc2cccs2)CC1. The molecule has 1 aromatic rings. The maximum Gasteiger partial charge on any atom is 0.276 e. The summed E-state index contributed by atoms with van der Waals surface area (Å²) in [7, 11) is -3.65. The molecule has 1 amide bonds. The molecule has 0 atom stereocenters. The predicted molar refractivity (Wildman–Crippen MR) is 78.5 cm³/mol. The van der Waals surface area contributed by atoms with Crippen LogP contribution in [-0.4, -0.2) is 49.7 Å². The molecule has 0 bridgehead atoms. The first-order chi connectivity index (χ1) is 9.47. The monoisotopic (exact) mass is 317 g/mol. The zero-order chi connectivity index (χ0) is 14.6. The summed E-state index contributed by atoms with van der Waals surface area (Å²) >= 11 is 1.64. The van der Waals surface area contributed by atoms with Crippen molar-refractivity contribution >= 4 is 27.5 Å². The molecule has 1 aliphatic heterocycles. The highest BCUT2D eigenvalue weighted by atomic mass is 32.2. The fourth-order valence-corrected chi connectivity index (χ4v) is 3.67. The van der Waals surface area contributed by atoms with Gasteiger partial charge in [-0.15, -0.1) is 11.3 Å². The van der Waals surface area contributed by atoms with Gasteiger partial charge in [-0.2, -0.15) is 12.7 Å². The van der Waals surface area contributed by atoms with E-state index in [1.807, 2.05) is 17.5 Å². The highest BCUT2D eigenvalue weighted by molar-refractivity contribution is 7.86. The van der Waals surface area contributed by atoms with Crippen molar-refractivity contribution in [3.05, 3.63) is 22.4 Å². The van der Waals surface area contributed by atoms with E-state index < -0.39 is 10.2 Å². The molecule has 2 rings (SSSR count). The van der Waals surface area contributed by atoms with E-state index in [-0.39, 0.29) is 12.5 Å². The molecule has 0 aliphatic carbocycles. The second-order valence-corrected chi connectivity index (χ2v) is 7.34. The fraction of sp³-hybridized carbons (Fsp3) is 0.583. The third-order valence-electron chi connectivity index (χ3n) is 3.33. The van der Waals surface area contributed by atoms with E-state index in [0.29, 0.717) is 32.5 Å². The van der Waals surface area contributed by atoms with Crippen molar-refractivity contribution in [3.8, 4) is 0 Å². The fourth-order valence-electron chi connectivity index (χ4n) is 2.24. The Morgan fingerprint density at radius 1 is 1.30 bits per heavy atom. The first-order valence-corrected chi connectivity index (χ1v) is 8.93. The van der Waals surface area contributed by atoms with Crippen LogP contribution in [0.25, 0.3) is 0 Å². The van der Waals surface area contributed by atoms with Gasteiger partial charge in [0.15, 0.2) is 0 Å². The average Bonchev–Trinajstić information content (AvgIpc) is 2.76. The van der Waals surface area contributed by atoms with Crippen molar-refractivity contribution in [1.29, 1.82) is 0 Å². The first kappa shape index (κ1) is 15.4. The zero-order valence-electron chi connectivity index (χ0n) is 11.2. The Hall–Kier alpha value is -0.960. The second kappa shape index (κ2) is 6.66. The van der Waals surface area contributed by atoms with Crippen molar-refractivity contribution in [2.75, 3.05) is 26.2 Å². The Labute approximate surface area is 123 Å². The summed E-state index contributed by atoms with van der Waals surface area (Å²) in [5, 5.41) is 7.12. The summed E-state index contributed by atoms with van der Waals surface area (Å²) in [6, 6.07) is 3.99. The second-order valence-electron chi connectivity index (χ2n) is 4.76. The minimum Gasteiger partial charge on any atom is -0.341 e. The lowest BCUT2D eigenvalue weighted by molar-refractivity contribution is -0.131. The van der Waals surface area contributed by atoms with E-state index in [1.165, 1.54) is 9.18 Å². The van der Waals surface area contributed by atoms with Crippen LogP contribution in [0.2, 0.25) is 0 Å². The molecule has 6 nitrogen and oxygen atoms in total. The molecule has 1 aromatic heterocycles. The van der Waals surface area contributed by atoms with Crippen LogP contribution in [-0.2, 0) is 21.4 Å². The molecule has 0 spiro atoms. The van der Waals surface area contributed by atoms with Gasteiger partial charge in [-0.1, -0.05) is 6.07 Å². The highest BCUT2D eigenvalue weighted by Crippen LogP contribution is 2.13. The van der Waals surface area contributed by atoms with E-state index in [2.05, 4.69) is 0 Å². The number of rotatable bonds is 4. The third kappa shape index (κ3) is 4.27. The van der Waals surface area contributed by atoms with Gasteiger partial charge in [0.2, 0.25) is 5.91 Å². The summed E-state index contributed by atoms with van der Waals surface area (Å²) in [6.45, 7) is 1.67. The van der Waals surface area contributed by atoms with Crippen LogP contribution in [0.3, 0.4) is 0 Å². The summed E-state index contributed by atoms with van der Waals surface area (Å²) in [4.78, 5) is 15.1. The molecule has 0 radical (unpaired) electrons. The van der Waals surface area contributed by atoms with Crippen LogP contribution in [0, 0.1) is 0 Å². The molecule has 0 unspecified atom stereocenters. The minimum absolute atomic E-state index is 0.0784.